The lowest BCUT2D eigenvalue weighted by Crippen LogP contribution is -2.46. The molecule has 1 atom stereocenters. The quantitative estimate of drug-likeness (QED) is 0.212. The fourth-order valence-electron chi connectivity index (χ4n) is 5.58. The zero-order chi connectivity index (χ0) is 29.5. The molecule has 5 aromatic rings. The number of aryl methyl sites for hydroxylation is 1. The Balaban J connectivity index is 1.42. The van der Waals surface area contributed by atoms with Gasteiger partial charge >= 0.3 is 5.97 Å². The molecule has 7 rings (SSSR count). The van der Waals surface area contributed by atoms with E-state index in [9.17, 15) is 4.79 Å². The summed E-state index contributed by atoms with van der Waals surface area (Å²) < 4.78 is 7.03. The van der Waals surface area contributed by atoms with Crippen molar-refractivity contribution in [2.45, 2.75) is 19.9 Å². The van der Waals surface area contributed by atoms with E-state index in [4.69, 9.17) is 31.4 Å². The van der Waals surface area contributed by atoms with E-state index in [2.05, 4.69) is 16.3 Å². The zero-order valence-corrected chi connectivity index (χ0v) is 24.3. The molecular weight excluding hydrogens is 560 g/mol. The highest BCUT2D eigenvalue weighted by Crippen LogP contribution is 2.49. The van der Waals surface area contributed by atoms with Crippen LogP contribution in [0.1, 0.15) is 40.1 Å². The lowest BCUT2D eigenvalue weighted by atomic mass is 9.93. The van der Waals surface area contributed by atoms with Crippen LogP contribution in [0.25, 0.3) is 5.69 Å². The Morgan fingerprint density at radius 2 is 1.63 bits per heavy atom. The summed E-state index contributed by atoms with van der Waals surface area (Å²) in [4.78, 5) is 24.7. The van der Waals surface area contributed by atoms with E-state index in [0.717, 1.165) is 39.6 Å². The zero-order valence-electron chi connectivity index (χ0n) is 23.5. The minimum absolute atomic E-state index is 0.318. The Hall–Kier alpha value is -5.21. The highest BCUT2D eigenvalue weighted by atomic mass is 35.5. The maximum atomic E-state index is 12.2. The highest BCUT2D eigenvalue weighted by Gasteiger charge is 2.42. The van der Waals surface area contributed by atoms with Crippen LogP contribution in [0.2, 0.25) is 5.02 Å². The van der Waals surface area contributed by atoms with E-state index in [1.54, 1.807) is 19.1 Å². The Morgan fingerprint density at radius 1 is 0.907 bits per heavy atom. The highest BCUT2D eigenvalue weighted by molar-refractivity contribution is 6.51. The second-order valence-electron chi connectivity index (χ2n) is 10.2. The van der Waals surface area contributed by atoms with E-state index < -0.39 is 0 Å². The first kappa shape index (κ1) is 26.7. The smallest absolute Gasteiger partial charge is 0.338 e. The van der Waals surface area contributed by atoms with Crippen molar-refractivity contribution in [2.24, 2.45) is 9.98 Å². The Morgan fingerprint density at radius 3 is 2.40 bits per heavy atom. The van der Waals surface area contributed by atoms with Crippen LogP contribution < -0.4 is 10.2 Å². The van der Waals surface area contributed by atoms with Crippen molar-refractivity contribution < 1.29 is 9.53 Å². The predicted molar refractivity (Wildman–Crippen MR) is 171 cm³/mol. The summed E-state index contributed by atoms with van der Waals surface area (Å²) in [6.07, 6.45) is 0. The van der Waals surface area contributed by atoms with Crippen molar-refractivity contribution in [3.8, 4) is 5.69 Å². The maximum Gasteiger partial charge on any atom is 0.338 e. The van der Waals surface area contributed by atoms with Gasteiger partial charge in [-0.25, -0.2) is 19.5 Å². The van der Waals surface area contributed by atoms with Crippen LogP contribution in [-0.2, 0) is 4.74 Å². The van der Waals surface area contributed by atoms with Crippen LogP contribution in [-0.4, -0.2) is 34.0 Å². The third-order valence-electron chi connectivity index (χ3n) is 7.50. The second kappa shape index (κ2) is 10.9. The number of anilines is 2. The number of fused-ring (bicyclic) bond motifs is 4. The molecule has 1 unspecified atom stereocenters. The van der Waals surface area contributed by atoms with Gasteiger partial charge in [-0.15, -0.1) is 0 Å². The summed E-state index contributed by atoms with van der Waals surface area (Å²) in [6.45, 7) is 4.12. The lowest BCUT2D eigenvalue weighted by Gasteiger charge is -2.40. The molecule has 9 heteroatoms. The van der Waals surface area contributed by atoms with E-state index in [1.807, 2.05) is 96.5 Å². The summed E-state index contributed by atoms with van der Waals surface area (Å²) in [6, 6.07) is 32.7. The Labute approximate surface area is 253 Å². The van der Waals surface area contributed by atoms with Crippen molar-refractivity contribution in [2.75, 3.05) is 16.8 Å². The molecule has 8 nitrogen and oxygen atoms in total. The van der Waals surface area contributed by atoms with Gasteiger partial charge in [0.1, 0.15) is 0 Å². The SMILES string of the molecule is CCOC(=O)c1ccc(NC2=Nc3ccccc3N3C2=Nc2c(c(C)nn2-c2ccccc2)C3c2ccccc2Cl)cc1. The number of esters is 1. The topological polar surface area (TPSA) is 84.1 Å². The normalized spacial score (nSPS) is 15.0. The van der Waals surface area contributed by atoms with Crippen LogP contribution in [0.5, 0.6) is 0 Å². The third kappa shape index (κ3) is 4.66. The van der Waals surface area contributed by atoms with Gasteiger partial charge in [0.2, 0.25) is 0 Å². The van der Waals surface area contributed by atoms with Crippen LogP contribution in [0.4, 0.5) is 22.9 Å². The molecule has 0 bridgehead atoms. The van der Waals surface area contributed by atoms with Gasteiger partial charge in [0.25, 0.3) is 0 Å². The van der Waals surface area contributed by atoms with Gasteiger partial charge in [-0.3, -0.25) is 0 Å². The van der Waals surface area contributed by atoms with Gasteiger partial charge in [0, 0.05) is 16.3 Å². The number of rotatable bonds is 5. The molecule has 0 saturated carbocycles. The minimum Gasteiger partial charge on any atom is -0.462 e. The fraction of sp³-hybridized carbons (Fsp3) is 0.118. The summed E-state index contributed by atoms with van der Waals surface area (Å²) in [5.74, 6) is 1.54. The molecule has 2 aliphatic rings. The average molecular weight is 587 g/mol. The summed E-state index contributed by atoms with van der Waals surface area (Å²) >= 11 is 6.91. The molecule has 0 radical (unpaired) electrons. The fourth-order valence-corrected chi connectivity index (χ4v) is 5.82. The third-order valence-corrected chi connectivity index (χ3v) is 7.84. The molecule has 3 heterocycles. The second-order valence-corrected chi connectivity index (χ2v) is 10.6. The van der Waals surface area contributed by atoms with Crippen LogP contribution >= 0.6 is 11.6 Å². The number of para-hydroxylation sites is 3. The number of halogens is 1. The molecule has 0 spiro atoms. The number of nitrogens with zero attached hydrogens (tertiary/aromatic N) is 5. The molecule has 1 N–H and O–H groups in total. The number of carbonyl (C=O) groups excluding carboxylic acids is 1. The van der Waals surface area contributed by atoms with E-state index in [-0.39, 0.29) is 12.0 Å². The van der Waals surface area contributed by atoms with Crippen molar-refractivity contribution in [3.63, 3.8) is 0 Å². The number of aromatic nitrogens is 2. The standard InChI is InChI=1S/C34H27ClN6O2/c1-3-43-34(42)22-17-19-23(20-18-22)36-31-33-38-32-29(21(2)39-41(32)24-11-5-4-6-12-24)30(25-13-7-8-14-26(25)35)40(33)28-16-10-9-15-27(28)37-31/h4-20,30H,3H2,1-2H3,(H,36,37). The number of carbonyl (C=O) groups is 1. The molecule has 0 fully saturated rings. The number of benzene rings is 4. The van der Waals surface area contributed by atoms with Crippen molar-refractivity contribution in [1.29, 1.82) is 0 Å². The minimum atomic E-state index is -0.361. The predicted octanol–water partition coefficient (Wildman–Crippen LogP) is 7.81. The molecule has 43 heavy (non-hydrogen) atoms. The largest absolute Gasteiger partial charge is 0.462 e. The van der Waals surface area contributed by atoms with Gasteiger partial charge in [-0.2, -0.15) is 5.10 Å². The number of ether oxygens (including phenoxy) is 1. The van der Waals surface area contributed by atoms with E-state index in [0.29, 0.717) is 34.7 Å². The summed E-state index contributed by atoms with van der Waals surface area (Å²) in [5.41, 5.74) is 6.59. The van der Waals surface area contributed by atoms with E-state index in [1.165, 1.54) is 0 Å². The Bertz CT molecular complexity index is 1910. The van der Waals surface area contributed by atoms with Gasteiger partial charge in [0.15, 0.2) is 17.5 Å². The molecule has 0 aliphatic carbocycles. The van der Waals surface area contributed by atoms with Gasteiger partial charge in [0.05, 0.1) is 41.0 Å². The van der Waals surface area contributed by atoms with Crippen molar-refractivity contribution in [3.05, 3.63) is 131 Å². The van der Waals surface area contributed by atoms with Gasteiger partial charge in [-0.1, -0.05) is 60.1 Å². The number of hydrogen-bond acceptors (Lipinski definition) is 7. The van der Waals surface area contributed by atoms with Crippen LogP contribution in [0.3, 0.4) is 0 Å². The van der Waals surface area contributed by atoms with Gasteiger partial charge < -0.3 is 15.0 Å². The number of hydrogen-bond donors (Lipinski definition) is 1. The van der Waals surface area contributed by atoms with E-state index >= 15 is 0 Å². The van der Waals surface area contributed by atoms with Gasteiger partial charge in [-0.05, 0) is 74.0 Å². The number of amidine groups is 2. The first-order chi connectivity index (χ1) is 21.0. The molecule has 212 valence electrons. The molecule has 1 aromatic heterocycles. The molecule has 0 amide bonds. The lowest BCUT2D eigenvalue weighted by molar-refractivity contribution is 0.0526. The first-order valence-corrected chi connectivity index (χ1v) is 14.4. The van der Waals surface area contributed by atoms with Crippen LogP contribution in [0, 0.1) is 6.92 Å². The Kier molecular flexibility index (Phi) is 6.75. The molecular formula is C34H27ClN6O2. The monoisotopic (exact) mass is 586 g/mol. The molecule has 2 aliphatic heterocycles. The summed E-state index contributed by atoms with van der Waals surface area (Å²) in [7, 11) is 0. The number of aliphatic imine (C=N–C) groups is 2. The first-order valence-electron chi connectivity index (χ1n) is 14.0. The summed E-state index contributed by atoms with van der Waals surface area (Å²) in [5, 5.41) is 9.08. The van der Waals surface area contributed by atoms with Crippen LogP contribution in [0.15, 0.2) is 113 Å². The average Bonchev–Trinajstić information content (AvgIpc) is 3.37. The van der Waals surface area contributed by atoms with Crippen molar-refractivity contribution >= 4 is 52.1 Å². The number of nitrogens with one attached hydrogen (secondary N) is 1. The molecule has 0 saturated heterocycles. The molecule has 4 aromatic carbocycles. The van der Waals surface area contributed by atoms with Crippen molar-refractivity contribution in [1.82, 2.24) is 9.78 Å². The maximum absolute atomic E-state index is 12.2.